The lowest BCUT2D eigenvalue weighted by atomic mass is 9.83. The number of methoxy groups -OCH3 is 1. The fourth-order valence-corrected chi connectivity index (χ4v) is 2.95. The van der Waals surface area contributed by atoms with Gasteiger partial charge in [0.25, 0.3) is 0 Å². The van der Waals surface area contributed by atoms with Gasteiger partial charge in [-0.15, -0.1) is 0 Å². The maximum absolute atomic E-state index is 12.7. The molecule has 0 aromatic rings. The Morgan fingerprint density at radius 1 is 1.10 bits per heavy atom. The zero-order valence-electron chi connectivity index (χ0n) is 18.5. The molecule has 1 unspecified atom stereocenters. The molecule has 0 rings (SSSR count). The van der Waals surface area contributed by atoms with E-state index >= 15 is 0 Å². The molecule has 11 heteroatoms. The van der Waals surface area contributed by atoms with Gasteiger partial charge in [0.2, 0.25) is 12.7 Å². The molecular weight excluding hydrogens is 405 g/mol. The molecule has 10 nitrogen and oxygen atoms in total. The van der Waals surface area contributed by atoms with Crippen LogP contribution >= 0.6 is 7.60 Å². The van der Waals surface area contributed by atoms with Gasteiger partial charge in [-0.1, -0.05) is 20.8 Å². The highest BCUT2D eigenvalue weighted by molar-refractivity contribution is 7.53. The normalized spacial score (nSPS) is 15.0. The molecule has 0 spiro atoms. The van der Waals surface area contributed by atoms with Crippen LogP contribution < -0.4 is 5.32 Å². The molecule has 0 radical (unpaired) electrons. The van der Waals surface area contributed by atoms with Gasteiger partial charge in [0, 0.05) is 18.6 Å². The van der Waals surface area contributed by atoms with E-state index in [1.807, 2.05) is 6.92 Å². The van der Waals surface area contributed by atoms with Crippen molar-refractivity contribution in [3.63, 3.8) is 0 Å². The Bertz CT molecular complexity index is 613. The predicted octanol–water partition coefficient (Wildman–Crippen LogP) is 3.24. The molecule has 0 aliphatic rings. The van der Waals surface area contributed by atoms with Crippen LogP contribution in [0, 0.1) is 5.41 Å². The van der Waals surface area contributed by atoms with Crippen LogP contribution in [0.1, 0.15) is 54.4 Å². The quantitative estimate of drug-likeness (QED) is 0.293. The lowest BCUT2D eigenvalue weighted by molar-refractivity contribution is -0.141. The topological polar surface area (TPSA) is 126 Å². The zero-order chi connectivity index (χ0) is 22.9. The Hall–Kier alpha value is -1.64. The van der Waals surface area contributed by atoms with Crippen LogP contribution in [-0.4, -0.2) is 56.8 Å². The van der Waals surface area contributed by atoms with Crippen molar-refractivity contribution >= 4 is 25.6 Å². The minimum atomic E-state index is -3.76. The largest absolute Gasteiger partial charge is 0.510 e. The Balaban J connectivity index is 4.91. The van der Waals surface area contributed by atoms with Gasteiger partial charge in [-0.3, -0.25) is 23.2 Å². The molecule has 0 aliphatic heterocycles. The van der Waals surface area contributed by atoms with Crippen LogP contribution in [0.2, 0.25) is 0 Å². The Labute approximate surface area is 172 Å². The maximum Gasteiger partial charge on any atom is 0.510 e. The number of hydrogen-bond acceptors (Lipinski definition) is 9. The first-order valence-electron chi connectivity index (χ1n) is 9.24. The van der Waals surface area contributed by atoms with Crippen LogP contribution in [-0.2, 0) is 37.4 Å². The van der Waals surface area contributed by atoms with Crippen molar-refractivity contribution in [3.8, 4) is 0 Å². The van der Waals surface area contributed by atoms with Crippen molar-refractivity contribution in [2.24, 2.45) is 5.41 Å². The van der Waals surface area contributed by atoms with Crippen molar-refractivity contribution in [2.45, 2.75) is 66.1 Å². The average molecular weight is 439 g/mol. The zero-order valence-corrected chi connectivity index (χ0v) is 19.4. The van der Waals surface area contributed by atoms with E-state index in [1.54, 1.807) is 34.6 Å². The number of rotatable bonds is 11. The first-order chi connectivity index (χ1) is 13.1. The van der Waals surface area contributed by atoms with Crippen molar-refractivity contribution in [1.82, 2.24) is 5.32 Å². The summed E-state index contributed by atoms with van der Waals surface area (Å²) in [5.41, 5.74) is -1.43. The number of ether oxygens (including phenoxy) is 3. The third kappa shape index (κ3) is 11.8. The number of hydrogen-bond donors (Lipinski definition) is 1. The van der Waals surface area contributed by atoms with Gasteiger partial charge in [-0.25, -0.2) is 4.79 Å². The number of esters is 1. The van der Waals surface area contributed by atoms with Crippen molar-refractivity contribution in [2.75, 3.05) is 27.1 Å². The summed E-state index contributed by atoms with van der Waals surface area (Å²) in [5, 5.41) is 2.56. The van der Waals surface area contributed by atoms with Crippen molar-refractivity contribution < 1.29 is 42.2 Å². The molecule has 0 aromatic heterocycles. The first-order valence-corrected chi connectivity index (χ1v) is 11.2. The van der Waals surface area contributed by atoms with E-state index in [0.29, 0.717) is 6.42 Å². The van der Waals surface area contributed by atoms with Crippen LogP contribution in [0.5, 0.6) is 0 Å². The molecule has 170 valence electrons. The molecule has 0 bridgehead atoms. The van der Waals surface area contributed by atoms with Gasteiger partial charge >= 0.3 is 19.7 Å². The monoisotopic (exact) mass is 439 g/mol. The molecule has 0 saturated carbocycles. The van der Waals surface area contributed by atoms with E-state index in [-0.39, 0.29) is 13.0 Å². The van der Waals surface area contributed by atoms with Gasteiger partial charge in [-0.05, 0) is 27.2 Å². The van der Waals surface area contributed by atoms with E-state index in [4.69, 9.17) is 18.5 Å². The number of nitrogens with one attached hydrogen (secondary N) is 1. The fourth-order valence-electron chi connectivity index (χ4n) is 1.88. The summed E-state index contributed by atoms with van der Waals surface area (Å²) in [5.74, 6) is -1.01. The molecule has 1 amide bonds. The molecule has 29 heavy (non-hydrogen) atoms. The highest BCUT2D eigenvalue weighted by Crippen LogP contribution is 2.48. The Morgan fingerprint density at radius 3 is 2.17 bits per heavy atom. The maximum atomic E-state index is 12.7. The number of carbonyl (C=O) groups excluding carboxylic acids is 3. The van der Waals surface area contributed by atoms with Gasteiger partial charge in [0.05, 0.1) is 13.5 Å². The first kappa shape index (κ1) is 27.4. The molecule has 0 aliphatic carbocycles. The summed E-state index contributed by atoms with van der Waals surface area (Å²) in [4.78, 5) is 35.3. The molecule has 2 atom stereocenters. The molecule has 0 heterocycles. The van der Waals surface area contributed by atoms with E-state index in [1.165, 1.54) is 13.8 Å². The van der Waals surface area contributed by atoms with Gasteiger partial charge in [0.15, 0.2) is 6.10 Å². The number of carbonyl (C=O) groups is 3. The number of amides is 1. The van der Waals surface area contributed by atoms with Crippen molar-refractivity contribution in [3.05, 3.63) is 0 Å². The summed E-state index contributed by atoms with van der Waals surface area (Å²) >= 11 is 0. The third-order valence-corrected chi connectivity index (χ3v) is 5.03. The lowest BCUT2D eigenvalue weighted by Crippen LogP contribution is -2.45. The Kier molecular flexibility index (Phi) is 10.9. The molecule has 0 aromatic carbocycles. The van der Waals surface area contributed by atoms with E-state index in [2.05, 4.69) is 10.1 Å². The van der Waals surface area contributed by atoms with Crippen LogP contribution in [0.3, 0.4) is 0 Å². The Morgan fingerprint density at radius 2 is 1.69 bits per heavy atom. The molecule has 0 saturated heterocycles. The SMILES string of the molecule is CCC(C)(C)[C@@H](OP(C)(=O)OCOC(=O)OC(C)(C)C)C(=O)NCCC(=O)OC. The van der Waals surface area contributed by atoms with Gasteiger partial charge < -0.3 is 19.5 Å². The fraction of sp³-hybridized carbons (Fsp3) is 0.833. The summed E-state index contributed by atoms with van der Waals surface area (Å²) in [6.07, 6.45) is -1.58. The second kappa shape index (κ2) is 11.5. The third-order valence-electron chi connectivity index (χ3n) is 3.87. The minimum absolute atomic E-state index is 0.00841. The van der Waals surface area contributed by atoms with Crippen LogP contribution in [0.15, 0.2) is 0 Å². The standard InChI is InChI=1S/C18H34NO9P/c1-9-18(5,6)14(15(21)19-11-10-13(20)24-7)28-29(8,23)26-12-25-16(22)27-17(2,3)4/h14H,9-12H2,1-8H3,(H,19,21)/t14-,29?/m0/s1. The second-order valence-electron chi connectivity index (χ2n) is 8.07. The average Bonchev–Trinajstić information content (AvgIpc) is 2.57. The van der Waals surface area contributed by atoms with E-state index in [9.17, 15) is 18.9 Å². The second-order valence-corrected chi connectivity index (χ2v) is 10.1. The van der Waals surface area contributed by atoms with E-state index in [0.717, 1.165) is 0 Å². The van der Waals surface area contributed by atoms with E-state index < -0.39 is 49.5 Å². The van der Waals surface area contributed by atoms with Crippen LogP contribution in [0.4, 0.5) is 4.79 Å². The molecule has 0 fully saturated rings. The smallest absolute Gasteiger partial charge is 0.469 e. The van der Waals surface area contributed by atoms with Crippen molar-refractivity contribution in [1.29, 1.82) is 0 Å². The lowest BCUT2D eigenvalue weighted by Gasteiger charge is -2.33. The minimum Gasteiger partial charge on any atom is -0.469 e. The summed E-state index contributed by atoms with van der Waals surface area (Å²) < 4.78 is 37.4. The van der Waals surface area contributed by atoms with Crippen LogP contribution in [0.25, 0.3) is 0 Å². The molecule has 1 N–H and O–H groups in total. The summed E-state index contributed by atoms with van der Waals surface area (Å²) in [7, 11) is -2.51. The summed E-state index contributed by atoms with van der Waals surface area (Å²) in [6.45, 7) is 11.0. The van der Waals surface area contributed by atoms with Gasteiger partial charge in [0.1, 0.15) is 5.60 Å². The highest BCUT2D eigenvalue weighted by Gasteiger charge is 2.39. The molecular formula is C18H34NO9P. The summed E-state index contributed by atoms with van der Waals surface area (Å²) in [6, 6.07) is 0. The highest BCUT2D eigenvalue weighted by atomic mass is 31.2. The van der Waals surface area contributed by atoms with Gasteiger partial charge in [-0.2, -0.15) is 0 Å². The predicted molar refractivity (Wildman–Crippen MR) is 105 cm³/mol.